The fourth-order valence-corrected chi connectivity index (χ4v) is 2.05. The number of rotatable bonds is 6. The third-order valence-electron chi connectivity index (χ3n) is 3.28. The lowest BCUT2D eigenvalue weighted by Crippen LogP contribution is -2.29. The predicted molar refractivity (Wildman–Crippen MR) is 77.0 cm³/mol. The SMILES string of the molecule is CCNCc1c(Cl)cccc1N(C)C(C)CC. The maximum absolute atomic E-state index is 6.29. The van der Waals surface area contributed by atoms with Crippen LogP contribution in [0.4, 0.5) is 5.69 Å². The summed E-state index contributed by atoms with van der Waals surface area (Å²) >= 11 is 6.29. The van der Waals surface area contributed by atoms with Gasteiger partial charge in [-0.25, -0.2) is 0 Å². The quantitative estimate of drug-likeness (QED) is 0.833. The minimum absolute atomic E-state index is 0.522. The van der Waals surface area contributed by atoms with Gasteiger partial charge in [-0.05, 0) is 32.0 Å². The second kappa shape index (κ2) is 6.87. The van der Waals surface area contributed by atoms with Crippen LogP contribution in [-0.2, 0) is 6.54 Å². The monoisotopic (exact) mass is 254 g/mol. The molecule has 1 unspecified atom stereocenters. The van der Waals surface area contributed by atoms with Crippen molar-refractivity contribution in [3.8, 4) is 0 Å². The van der Waals surface area contributed by atoms with E-state index in [0.717, 1.165) is 24.5 Å². The Labute approximate surface area is 110 Å². The summed E-state index contributed by atoms with van der Waals surface area (Å²) in [5, 5.41) is 4.19. The first-order valence-corrected chi connectivity index (χ1v) is 6.70. The Hall–Kier alpha value is -0.730. The molecule has 1 aromatic carbocycles. The highest BCUT2D eigenvalue weighted by Crippen LogP contribution is 2.28. The number of nitrogens with zero attached hydrogens (tertiary/aromatic N) is 1. The summed E-state index contributed by atoms with van der Waals surface area (Å²) in [6, 6.07) is 6.65. The van der Waals surface area contributed by atoms with Gasteiger partial charge in [-0.2, -0.15) is 0 Å². The molecule has 0 radical (unpaired) electrons. The van der Waals surface area contributed by atoms with Gasteiger partial charge in [-0.3, -0.25) is 0 Å². The Morgan fingerprint density at radius 3 is 2.65 bits per heavy atom. The van der Waals surface area contributed by atoms with Gasteiger partial charge < -0.3 is 10.2 Å². The molecule has 0 amide bonds. The zero-order chi connectivity index (χ0) is 12.8. The molecule has 0 aliphatic heterocycles. The number of hydrogen-bond donors (Lipinski definition) is 1. The largest absolute Gasteiger partial charge is 0.372 e. The topological polar surface area (TPSA) is 15.3 Å². The molecular weight excluding hydrogens is 232 g/mol. The first-order chi connectivity index (χ1) is 8.11. The average molecular weight is 255 g/mol. The number of anilines is 1. The first kappa shape index (κ1) is 14.3. The van der Waals surface area contributed by atoms with Crippen LogP contribution < -0.4 is 10.2 Å². The standard InChI is InChI=1S/C14H23ClN2/c1-5-11(3)17(4)14-9-7-8-13(15)12(14)10-16-6-2/h7-9,11,16H,5-6,10H2,1-4H3. The molecule has 0 spiro atoms. The Bertz CT molecular complexity index is 352. The third kappa shape index (κ3) is 3.62. The molecule has 0 aromatic heterocycles. The first-order valence-electron chi connectivity index (χ1n) is 6.32. The molecule has 96 valence electrons. The normalized spacial score (nSPS) is 12.5. The fourth-order valence-electron chi connectivity index (χ4n) is 1.81. The lowest BCUT2D eigenvalue weighted by atomic mass is 10.1. The highest BCUT2D eigenvalue weighted by atomic mass is 35.5. The molecule has 1 rings (SSSR count). The van der Waals surface area contributed by atoms with Crippen LogP contribution in [0.1, 0.15) is 32.8 Å². The molecule has 3 heteroatoms. The third-order valence-corrected chi connectivity index (χ3v) is 3.63. The summed E-state index contributed by atoms with van der Waals surface area (Å²) in [7, 11) is 2.13. The molecule has 1 aromatic rings. The Kier molecular flexibility index (Phi) is 5.79. The highest BCUT2D eigenvalue weighted by Gasteiger charge is 2.13. The molecule has 0 saturated heterocycles. The van der Waals surface area contributed by atoms with E-state index in [1.165, 1.54) is 11.3 Å². The maximum atomic E-state index is 6.29. The second-order valence-corrected chi connectivity index (χ2v) is 4.79. The minimum Gasteiger partial charge on any atom is -0.372 e. The van der Waals surface area contributed by atoms with Gasteiger partial charge in [-0.15, -0.1) is 0 Å². The Balaban J connectivity index is 3.00. The Morgan fingerprint density at radius 2 is 2.06 bits per heavy atom. The van der Waals surface area contributed by atoms with Crippen molar-refractivity contribution in [2.75, 3.05) is 18.5 Å². The molecule has 2 nitrogen and oxygen atoms in total. The van der Waals surface area contributed by atoms with Crippen molar-refractivity contribution in [3.05, 3.63) is 28.8 Å². The van der Waals surface area contributed by atoms with Crippen molar-refractivity contribution in [1.82, 2.24) is 5.32 Å². The van der Waals surface area contributed by atoms with E-state index in [2.05, 4.69) is 44.1 Å². The fraction of sp³-hybridized carbons (Fsp3) is 0.571. The molecule has 1 atom stereocenters. The highest BCUT2D eigenvalue weighted by molar-refractivity contribution is 6.31. The van der Waals surface area contributed by atoms with Gasteiger partial charge in [0.25, 0.3) is 0 Å². The average Bonchev–Trinajstić information content (AvgIpc) is 2.35. The maximum Gasteiger partial charge on any atom is 0.0471 e. The molecule has 0 saturated carbocycles. The molecule has 0 heterocycles. The molecule has 1 N–H and O–H groups in total. The van der Waals surface area contributed by atoms with Crippen molar-refractivity contribution >= 4 is 17.3 Å². The molecule has 17 heavy (non-hydrogen) atoms. The van der Waals surface area contributed by atoms with E-state index >= 15 is 0 Å². The van der Waals surface area contributed by atoms with Gasteiger partial charge in [0.05, 0.1) is 0 Å². The molecular formula is C14H23ClN2. The molecule has 0 fully saturated rings. The van der Waals surface area contributed by atoms with Gasteiger partial charge in [0.1, 0.15) is 0 Å². The summed E-state index contributed by atoms with van der Waals surface area (Å²) in [5.41, 5.74) is 2.42. The zero-order valence-electron chi connectivity index (χ0n) is 11.3. The van der Waals surface area contributed by atoms with Crippen LogP contribution >= 0.6 is 11.6 Å². The van der Waals surface area contributed by atoms with Crippen molar-refractivity contribution in [2.45, 2.75) is 39.8 Å². The number of hydrogen-bond acceptors (Lipinski definition) is 2. The van der Waals surface area contributed by atoms with Crippen LogP contribution in [0, 0.1) is 0 Å². The van der Waals surface area contributed by atoms with Crippen LogP contribution in [0.3, 0.4) is 0 Å². The number of nitrogens with one attached hydrogen (secondary N) is 1. The van der Waals surface area contributed by atoms with Crippen LogP contribution in [0.15, 0.2) is 18.2 Å². The van der Waals surface area contributed by atoms with E-state index in [1.54, 1.807) is 0 Å². The number of halogens is 1. The molecule has 0 aliphatic carbocycles. The van der Waals surface area contributed by atoms with E-state index in [-0.39, 0.29) is 0 Å². The Morgan fingerprint density at radius 1 is 1.35 bits per heavy atom. The smallest absolute Gasteiger partial charge is 0.0471 e. The second-order valence-electron chi connectivity index (χ2n) is 4.39. The zero-order valence-corrected chi connectivity index (χ0v) is 12.0. The van der Waals surface area contributed by atoms with Crippen LogP contribution in [0.25, 0.3) is 0 Å². The van der Waals surface area contributed by atoms with Gasteiger partial charge in [-0.1, -0.05) is 31.5 Å². The lowest BCUT2D eigenvalue weighted by molar-refractivity contribution is 0.655. The lowest BCUT2D eigenvalue weighted by Gasteiger charge is -2.28. The van der Waals surface area contributed by atoms with Crippen molar-refractivity contribution in [1.29, 1.82) is 0 Å². The summed E-state index contributed by atoms with van der Waals surface area (Å²) in [4.78, 5) is 2.30. The summed E-state index contributed by atoms with van der Waals surface area (Å²) in [5.74, 6) is 0. The molecule has 0 bridgehead atoms. The number of benzene rings is 1. The van der Waals surface area contributed by atoms with Crippen LogP contribution in [-0.4, -0.2) is 19.6 Å². The molecule has 0 aliphatic rings. The van der Waals surface area contributed by atoms with Crippen molar-refractivity contribution in [2.24, 2.45) is 0 Å². The van der Waals surface area contributed by atoms with Gasteiger partial charge in [0, 0.05) is 35.9 Å². The summed E-state index contributed by atoms with van der Waals surface area (Å²) in [6.07, 6.45) is 1.13. The van der Waals surface area contributed by atoms with Gasteiger partial charge in [0.15, 0.2) is 0 Å². The van der Waals surface area contributed by atoms with E-state index in [0.29, 0.717) is 6.04 Å². The van der Waals surface area contributed by atoms with Crippen LogP contribution in [0.5, 0.6) is 0 Å². The summed E-state index contributed by atoms with van der Waals surface area (Å²) < 4.78 is 0. The van der Waals surface area contributed by atoms with Crippen molar-refractivity contribution in [3.63, 3.8) is 0 Å². The van der Waals surface area contributed by atoms with E-state index in [9.17, 15) is 0 Å². The predicted octanol–water partition coefficient (Wildman–Crippen LogP) is 3.68. The van der Waals surface area contributed by atoms with E-state index < -0.39 is 0 Å². The van der Waals surface area contributed by atoms with E-state index in [4.69, 9.17) is 11.6 Å². The van der Waals surface area contributed by atoms with E-state index in [1.807, 2.05) is 12.1 Å². The van der Waals surface area contributed by atoms with Crippen LogP contribution in [0.2, 0.25) is 5.02 Å². The van der Waals surface area contributed by atoms with Gasteiger partial charge in [0.2, 0.25) is 0 Å². The van der Waals surface area contributed by atoms with Crippen molar-refractivity contribution < 1.29 is 0 Å². The minimum atomic E-state index is 0.522. The summed E-state index contributed by atoms with van der Waals surface area (Å²) in [6.45, 7) is 8.33. The van der Waals surface area contributed by atoms with Gasteiger partial charge >= 0.3 is 0 Å².